The van der Waals surface area contributed by atoms with Crippen LogP contribution in [0.2, 0.25) is 0 Å². The number of carboxylic acids is 1. The van der Waals surface area contributed by atoms with Crippen LogP contribution in [0, 0.1) is 0 Å². The van der Waals surface area contributed by atoms with E-state index in [1.807, 2.05) is 35.2 Å². The second-order valence-corrected chi connectivity index (χ2v) is 14.5. The van der Waals surface area contributed by atoms with Crippen LogP contribution in [0.3, 0.4) is 0 Å². The standard InChI is InChI=1S/C27H43N2O8P/c1-8-35-38(34)18-17-28(19-21-13-10-9-11-14-21)20-27(38,22(30)31)15-12-16-29(23(32)36-25(2,3)4)24(33)37-26(5,6)7/h9-11,13-14H,8,12,15-20H2,1-7H3,(H,30,31). The molecule has 214 valence electrons. The van der Waals surface area contributed by atoms with E-state index in [2.05, 4.69) is 0 Å². The monoisotopic (exact) mass is 554 g/mol. The summed E-state index contributed by atoms with van der Waals surface area (Å²) in [5.74, 6) is -1.21. The first kappa shape index (κ1) is 31.8. The lowest BCUT2D eigenvalue weighted by atomic mass is 10.00. The third-order valence-electron chi connectivity index (χ3n) is 6.03. The fraction of sp³-hybridized carbons (Fsp3) is 0.667. The predicted molar refractivity (Wildman–Crippen MR) is 145 cm³/mol. The number of imide groups is 1. The Morgan fingerprint density at radius 3 is 2.05 bits per heavy atom. The second kappa shape index (κ2) is 12.6. The van der Waals surface area contributed by atoms with Crippen LogP contribution in [-0.4, -0.2) is 81.8 Å². The maximum absolute atomic E-state index is 14.0. The van der Waals surface area contributed by atoms with Gasteiger partial charge in [0, 0.05) is 32.3 Å². The highest BCUT2D eigenvalue weighted by molar-refractivity contribution is 7.62. The largest absolute Gasteiger partial charge is 0.480 e. The first-order valence-electron chi connectivity index (χ1n) is 13.0. The fourth-order valence-electron chi connectivity index (χ4n) is 4.41. The van der Waals surface area contributed by atoms with Crippen LogP contribution in [0.1, 0.15) is 66.9 Å². The molecule has 1 saturated heterocycles. The van der Waals surface area contributed by atoms with Crippen LogP contribution in [0.15, 0.2) is 30.3 Å². The van der Waals surface area contributed by atoms with Crippen molar-refractivity contribution in [1.82, 2.24) is 9.80 Å². The summed E-state index contributed by atoms with van der Waals surface area (Å²) in [6, 6.07) is 9.65. The lowest BCUT2D eigenvalue weighted by molar-refractivity contribution is -0.141. The Morgan fingerprint density at radius 1 is 1.03 bits per heavy atom. The molecule has 1 aromatic rings. The maximum atomic E-state index is 14.0. The molecule has 0 bridgehead atoms. The number of hydrogen-bond donors (Lipinski definition) is 1. The van der Waals surface area contributed by atoms with Gasteiger partial charge in [0.15, 0.2) is 5.16 Å². The number of aliphatic carboxylic acids is 1. The van der Waals surface area contributed by atoms with Gasteiger partial charge in [0.2, 0.25) is 7.37 Å². The van der Waals surface area contributed by atoms with Gasteiger partial charge in [-0.2, -0.15) is 0 Å². The fourth-order valence-corrected chi connectivity index (χ4v) is 7.38. The predicted octanol–water partition coefficient (Wildman–Crippen LogP) is 5.59. The van der Waals surface area contributed by atoms with Crippen LogP contribution in [0.4, 0.5) is 9.59 Å². The van der Waals surface area contributed by atoms with Crippen molar-refractivity contribution in [2.24, 2.45) is 0 Å². The third-order valence-corrected chi connectivity index (χ3v) is 9.36. The molecule has 1 heterocycles. The van der Waals surface area contributed by atoms with Crippen molar-refractivity contribution in [3.8, 4) is 0 Å². The van der Waals surface area contributed by atoms with E-state index in [9.17, 15) is 24.1 Å². The highest BCUT2D eigenvalue weighted by atomic mass is 31.2. The smallest absolute Gasteiger partial charge is 0.419 e. The molecule has 1 aromatic carbocycles. The molecule has 1 fully saturated rings. The Morgan fingerprint density at radius 2 is 1.58 bits per heavy atom. The molecule has 0 aromatic heterocycles. The highest BCUT2D eigenvalue weighted by Crippen LogP contribution is 2.63. The molecule has 1 aliphatic rings. The average molecular weight is 555 g/mol. The lowest BCUT2D eigenvalue weighted by Gasteiger charge is -2.45. The van der Waals surface area contributed by atoms with Crippen LogP contribution in [0.25, 0.3) is 0 Å². The molecule has 2 rings (SSSR count). The van der Waals surface area contributed by atoms with Crippen LogP contribution >= 0.6 is 7.37 Å². The van der Waals surface area contributed by atoms with E-state index in [1.165, 1.54) is 0 Å². The summed E-state index contributed by atoms with van der Waals surface area (Å²) >= 11 is 0. The molecule has 10 nitrogen and oxygen atoms in total. The van der Waals surface area contributed by atoms with Gasteiger partial charge in [-0.05, 0) is 66.9 Å². The summed E-state index contributed by atoms with van der Waals surface area (Å²) in [7, 11) is -3.62. The van der Waals surface area contributed by atoms with E-state index in [0.29, 0.717) is 13.1 Å². The topological polar surface area (TPSA) is 123 Å². The Balaban J connectivity index is 2.30. The molecule has 1 N–H and O–H groups in total. The second-order valence-electron chi connectivity index (χ2n) is 11.6. The maximum Gasteiger partial charge on any atom is 0.419 e. The molecule has 1 aliphatic heterocycles. The van der Waals surface area contributed by atoms with Crippen molar-refractivity contribution in [2.45, 2.75) is 84.2 Å². The molecule has 0 radical (unpaired) electrons. The first-order valence-corrected chi connectivity index (χ1v) is 14.8. The van der Waals surface area contributed by atoms with Gasteiger partial charge in [0.05, 0.1) is 6.61 Å². The molecule has 2 unspecified atom stereocenters. The van der Waals surface area contributed by atoms with Gasteiger partial charge < -0.3 is 19.1 Å². The molecule has 2 atom stereocenters. The van der Waals surface area contributed by atoms with Gasteiger partial charge in [0.25, 0.3) is 0 Å². The Kier molecular flexibility index (Phi) is 10.6. The van der Waals surface area contributed by atoms with E-state index in [1.54, 1.807) is 48.5 Å². The average Bonchev–Trinajstić information content (AvgIpc) is 2.77. The van der Waals surface area contributed by atoms with Crippen LogP contribution < -0.4 is 0 Å². The van der Waals surface area contributed by atoms with Crippen molar-refractivity contribution in [1.29, 1.82) is 0 Å². The van der Waals surface area contributed by atoms with Crippen molar-refractivity contribution in [3.05, 3.63) is 35.9 Å². The van der Waals surface area contributed by atoms with Gasteiger partial charge in [-0.3, -0.25) is 14.3 Å². The van der Waals surface area contributed by atoms with E-state index < -0.39 is 41.9 Å². The minimum Gasteiger partial charge on any atom is -0.480 e. The Hall–Kier alpha value is -2.42. The number of amides is 2. The van der Waals surface area contributed by atoms with E-state index in [0.717, 1.165) is 10.5 Å². The molecule has 11 heteroatoms. The van der Waals surface area contributed by atoms with Gasteiger partial charge in [-0.15, -0.1) is 0 Å². The number of benzene rings is 1. The molecular weight excluding hydrogens is 511 g/mol. The van der Waals surface area contributed by atoms with Crippen LogP contribution in [-0.2, 0) is 29.9 Å². The number of hydrogen-bond acceptors (Lipinski definition) is 8. The number of ether oxygens (including phenoxy) is 2. The first-order chi connectivity index (χ1) is 17.5. The quantitative estimate of drug-likeness (QED) is 0.389. The van der Waals surface area contributed by atoms with Gasteiger partial charge in [0.1, 0.15) is 11.2 Å². The summed E-state index contributed by atoms with van der Waals surface area (Å²) < 4.78 is 30.5. The molecule has 0 saturated carbocycles. The molecule has 38 heavy (non-hydrogen) atoms. The molecular formula is C27H43N2O8P. The zero-order valence-corrected chi connectivity index (χ0v) is 24.6. The summed E-state index contributed by atoms with van der Waals surface area (Å²) in [5, 5.41) is 8.76. The minimum absolute atomic E-state index is 0.0212. The minimum atomic E-state index is -3.62. The van der Waals surface area contributed by atoms with E-state index >= 15 is 0 Å². The van der Waals surface area contributed by atoms with Gasteiger partial charge in [-0.1, -0.05) is 30.3 Å². The normalized spacial score (nSPS) is 22.5. The Bertz CT molecular complexity index is 990. The highest BCUT2D eigenvalue weighted by Gasteiger charge is 2.58. The number of carbonyl (C=O) groups is 3. The summed E-state index contributed by atoms with van der Waals surface area (Å²) in [6.45, 7) is 12.7. The van der Waals surface area contributed by atoms with Crippen molar-refractivity contribution in [3.63, 3.8) is 0 Å². The molecule has 2 amide bonds. The molecule has 0 spiro atoms. The number of carbonyl (C=O) groups excluding carboxylic acids is 2. The van der Waals surface area contributed by atoms with E-state index in [4.69, 9.17) is 14.0 Å². The van der Waals surface area contributed by atoms with E-state index in [-0.39, 0.29) is 38.7 Å². The lowest BCUT2D eigenvalue weighted by Crippen LogP contribution is -2.54. The van der Waals surface area contributed by atoms with Gasteiger partial charge >= 0.3 is 18.2 Å². The Labute approximate surface area is 226 Å². The zero-order valence-electron chi connectivity index (χ0n) is 23.7. The summed E-state index contributed by atoms with van der Waals surface area (Å²) in [4.78, 5) is 41.3. The third kappa shape index (κ3) is 8.55. The van der Waals surface area contributed by atoms with Gasteiger partial charge in [-0.25, -0.2) is 14.5 Å². The zero-order chi connectivity index (χ0) is 28.8. The molecule has 0 aliphatic carbocycles. The van der Waals surface area contributed by atoms with Crippen LogP contribution in [0.5, 0.6) is 0 Å². The van der Waals surface area contributed by atoms with Crippen molar-refractivity contribution in [2.75, 3.05) is 32.4 Å². The number of nitrogens with zero attached hydrogens (tertiary/aromatic N) is 2. The summed E-state index contributed by atoms with van der Waals surface area (Å²) in [5.41, 5.74) is -0.696. The summed E-state index contributed by atoms with van der Waals surface area (Å²) in [6.07, 6.45) is -1.67. The van der Waals surface area contributed by atoms with Crippen molar-refractivity contribution >= 4 is 25.5 Å². The SMILES string of the molecule is CCOP1(=O)CCN(Cc2ccccc2)CC1(CCCN(C(=O)OC(C)(C)C)C(=O)OC(C)(C)C)C(=O)O. The number of rotatable bonds is 9. The van der Waals surface area contributed by atoms with Crippen molar-refractivity contribution < 1.29 is 38.1 Å². The number of carboxylic acid groups (broad SMARTS) is 1.